The zero-order chi connectivity index (χ0) is 20.6. The summed E-state index contributed by atoms with van der Waals surface area (Å²) in [6, 6.07) is 34.9. The Balaban J connectivity index is 1.38. The van der Waals surface area contributed by atoms with Gasteiger partial charge in [0.05, 0.1) is 0 Å². The van der Waals surface area contributed by atoms with E-state index in [1.165, 1.54) is 0 Å². The largest absolute Gasteiger partial charge is 0.457 e. The highest BCUT2D eigenvalue weighted by Crippen LogP contribution is 2.23. The van der Waals surface area contributed by atoms with Gasteiger partial charge in [0.25, 0.3) is 0 Å². The van der Waals surface area contributed by atoms with Gasteiger partial charge < -0.3 is 9.47 Å². The van der Waals surface area contributed by atoms with Crippen molar-refractivity contribution in [3.05, 3.63) is 127 Å². The van der Waals surface area contributed by atoms with E-state index in [-0.39, 0.29) is 0 Å². The van der Waals surface area contributed by atoms with E-state index in [9.17, 15) is 0 Å². The second-order valence-corrected chi connectivity index (χ2v) is 6.61. The SMILES string of the molecule is C=C(C#Cc1ccc(Oc2ccccc2)cc1)c1ccc(Oc2ccccc2)cc1. The Bertz CT molecular complexity index is 1160. The Kier molecular flexibility index (Phi) is 5.94. The van der Waals surface area contributed by atoms with Crippen LogP contribution in [0.5, 0.6) is 23.0 Å². The second kappa shape index (κ2) is 9.32. The van der Waals surface area contributed by atoms with Crippen molar-refractivity contribution in [2.45, 2.75) is 0 Å². The van der Waals surface area contributed by atoms with Gasteiger partial charge in [-0.05, 0) is 66.2 Å². The number of hydrogen-bond donors (Lipinski definition) is 0. The minimum Gasteiger partial charge on any atom is -0.457 e. The minimum atomic E-state index is 0.755. The number of hydrogen-bond acceptors (Lipinski definition) is 2. The molecule has 4 rings (SSSR count). The standard InChI is InChI=1S/C28H20O2/c1-22(24-16-20-28(21-17-24)30-26-10-6-3-7-11-26)12-13-23-14-18-27(19-15-23)29-25-8-4-2-5-9-25/h2-11,14-21H,1H2. The first-order valence-electron chi connectivity index (χ1n) is 9.63. The summed E-state index contributed by atoms with van der Waals surface area (Å²) in [4.78, 5) is 0. The van der Waals surface area contributed by atoms with E-state index in [4.69, 9.17) is 9.47 Å². The summed E-state index contributed by atoms with van der Waals surface area (Å²) in [6.07, 6.45) is 0. The lowest BCUT2D eigenvalue weighted by molar-refractivity contribution is 0.482. The highest BCUT2D eigenvalue weighted by molar-refractivity contribution is 5.78. The summed E-state index contributed by atoms with van der Waals surface area (Å²) in [6.45, 7) is 4.09. The van der Waals surface area contributed by atoms with Crippen LogP contribution in [-0.4, -0.2) is 0 Å². The van der Waals surface area contributed by atoms with Crippen LogP contribution in [0.25, 0.3) is 5.57 Å². The normalized spacial score (nSPS) is 9.87. The zero-order valence-corrected chi connectivity index (χ0v) is 16.4. The highest BCUT2D eigenvalue weighted by Gasteiger charge is 2.00. The lowest BCUT2D eigenvalue weighted by atomic mass is 10.1. The summed E-state index contributed by atoms with van der Waals surface area (Å²) in [5, 5.41) is 0. The molecule has 0 aliphatic carbocycles. The Morgan fingerprint density at radius 3 is 1.47 bits per heavy atom. The van der Waals surface area contributed by atoms with E-state index in [1.54, 1.807) is 0 Å². The van der Waals surface area contributed by atoms with Crippen LogP contribution < -0.4 is 9.47 Å². The Hall–Kier alpha value is -4.22. The number of para-hydroxylation sites is 2. The van der Waals surface area contributed by atoms with Crippen LogP contribution in [0.15, 0.2) is 116 Å². The molecule has 0 heterocycles. The van der Waals surface area contributed by atoms with Crippen molar-refractivity contribution in [3.63, 3.8) is 0 Å². The first-order valence-corrected chi connectivity index (χ1v) is 9.63. The fraction of sp³-hybridized carbons (Fsp3) is 0. The predicted molar refractivity (Wildman–Crippen MR) is 122 cm³/mol. The molecule has 0 fully saturated rings. The maximum absolute atomic E-state index is 5.82. The van der Waals surface area contributed by atoms with Gasteiger partial charge in [-0.3, -0.25) is 0 Å². The maximum Gasteiger partial charge on any atom is 0.127 e. The molecule has 0 unspecified atom stereocenters. The summed E-state index contributed by atoms with van der Waals surface area (Å²) in [5.41, 5.74) is 2.62. The Morgan fingerprint density at radius 1 is 0.533 bits per heavy atom. The van der Waals surface area contributed by atoms with E-state index < -0.39 is 0 Å². The van der Waals surface area contributed by atoms with Gasteiger partial charge in [0.1, 0.15) is 23.0 Å². The molecule has 4 aromatic carbocycles. The summed E-state index contributed by atoms with van der Waals surface area (Å²) in [5.74, 6) is 9.45. The molecule has 0 aliphatic heterocycles. The molecule has 0 saturated heterocycles. The third-order valence-electron chi connectivity index (χ3n) is 4.37. The van der Waals surface area contributed by atoms with Gasteiger partial charge in [0.15, 0.2) is 0 Å². The van der Waals surface area contributed by atoms with Gasteiger partial charge in [-0.1, -0.05) is 67.0 Å². The minimum absolute atomic E-state index is 0.755. The summed E-state index contributed by atoms with van der Waals surface area (Å²) >= 11 is 0. The Morgan fingerprint density at radius 2 is 0.967 bits per heavy atom. The lowest BCUT2D eigenvalue weighted by Crippen LogP contribution is -1.85. The van der Waals surface area contributed by atoms with Crippen molar-refractivity contribution in [2.75, 3.05) is 0 Å². The third kappa shape index (κ3) is 5.19. The quantitative estimate of drug-likeness (QED) is 0.333. The molecule has 0 spiro atoms. The third-order valence-corrected chi connectivity index (χ3v) is 4.37. The van der Waals surface area contributed by atoms with E-state index in [0.717, 1.165) is 39.7 Å². The average Bonchev–Trinajstić information content (AvgIpc) is 2.80. The molecular weight excluding hydrogens is 368 g/mol. The van der Waals surface area contributed by atoms with Crippen LogP contribution in [0.2, 0.25) is 0 Å². The van der Waals surface area contributed by atoms with Crippen LogP contribution in [0.3, 0.4) is 0 Å². The molecule has 30 heavy (non-hydrogen) atoms. The fourth-order valence-corrected chi connectivity index (χ4v) is 2.80. The topological polar surface area (TPSA) is 18.5 Å². The molecule has 144 valence electrons. The fourth-order valence-electron chi connectivity index (χ4n) is 2.80. The van der Waals surface area contributed by atoms with E-state index in [2.05, 4.69) is 18.4 Å². The molecule has 0 N–H and O–H groups in total. The van der Waals surface area contributed by atoms with Crippen molar-refractivity contribution in [1.29, 1.82) is 0 Å². The van der Waals surface area contributed by atoms with Crippen LogP contribution in [0.1, 0.15) is 11.1 Å². The monoisotopic (exact) mass is 388 g/mol. The molecule has 0 bridgehead atoms. The first kappa shape index (κ1) is 19.1. The molecule has 4 aromatic rings. The molecule has 0 saturated carbocycles. The number of allylic oxidation sites excluding steroid dienone is 1. The van der Waals surface area contributed by atoms with Crippen LogP contribution in [0.4, 0.5) is 0 Å². The highest BCUT2D eigenvalue weighted by atomic mass is 16.5. The predicted octanol–water partition coefficient (Wildman–Crippen LogP) is 7.34. The first-order chi connectivity index (χ1) is 14.8. The molecule has 0 radical (unpaired) electrons. The molecule has 2 nitrogen and oxygen atoms in total. The van der Waals surface area contributed by atoms with Gasteiger partial charge >= 0.3 is 0 Å². The molecule has 0 amide bonds. The second-order valence-electron chi connectivity index (χ2n) is 6.61. The van der Waals surface area contributed by atoms with E-state index in [0.29, 0.717) is 0 Å². The van der Waals surface area contributed by atoms with Crippen molar-refractivity contribution in [1.82, 2.24) is 0 Å². The Labute approximate surface area is 177 Å². The van der Waals surface area contributed by atoms with Crippen molar-refractivity contribution >= 4 is 5.57 Å². The van der Waals surface area contributed by atoms with Gasteiger partial charge in [-0.15, -0.1) is 0 Å². The van der Waals surface area contributed by atoms with Crippen LogP contribution in [-0.2, 0) is 0 Å². The smallest absolute Gasteiger partial charge is 0.127 e. The van der Waals surface area contributed by atoms with E-state index >= 15 is 0 Å². The molecule has 2 heteroatoms. The number of rotatable bonds is 5. The van der Waals surface area contributed by atoms with Crippen LogP contribution >= 0.6 is 0 Å². The molecule has 0 aliphatic rings. The molecule has 0 atom stereocenters. The lowest BCUT2D eigenvalue weighted by Gasteiger charge is -2.06. The van der Waals surface area contributed by atoms with Crippen molar-refractivity contribution < 1.29 is 9.47 Å². The number of ether oxygens (including phenoxy) is 2. The number of benzene rings is 4. The molecule has 0 aromatic heterocycles. The van der Waals surface area contributed by atoms with Gasteiger partial charge in [-0.2, -0.15) is 0 Å². The maximum atomic E-state index is 5.82. The van der Waals surface area contributed by atoms with E-state index in [1.807, 2.05) is 109 Å². The molecular formula is C28H20O2. The van der Waals surface area contributed by atoms with Gasteiger partial charge in [-0.25, -0.2) is 0 Å². The van der Waals surface area contributed by atoms with Gasteiger partial charge in [0.2, 0.25) is 0 Å². The van der Waals surface area contributed by atoms with Crippen molar-refractivity contribution in [2.24, 2.45) is 0 Å². The van der Waals surface area contributed by atoms with Crippen molar-refractivity contribution in [3.8, 4) is 34.8 Å². The average molecular weight is 388 g/mol. The summed E-state index contributed by atoms with van der Waals surface area (Å²) < 4.78 is 11.6. The van der Waals surface area contributed by atoms with Gasteiger partial charge in [0, 0.05) is 11.1 Å². The zero-order valence-electron chi connectivity index (χ0n) is 16.4. The van der Waals surface area contributed by atoms with Crippen LogP contribution in [0, 0.1) is 11.8 Å². The summed E-state index contributed by atoms with van der Waals surface area (Å²) in [7, 11) is 0.